The summed E-state index contributed by atoms with van der Waals surface area (Å²) in [6.45, 7) is 4.15. The molecule has 0 bridgehead atoms. The van der Waals surface area contributed by atoms with E-state index in [0.717, 1.165) is 15.7 Å². The number of nitrogens with zero attached hydrogens (tertiary/aromatic N) is 2. The second kappa shape index (κ2) is 6.41. The second-order valence-corrected chi connectivity index (χ2v) is 5.90. The van der Waals surface area contributed by atoms with Crippen LogP contribution >= 0.6 is 15.9 Å². The van der Waals surface area contributed by atoms with Gasteiger partial charge in [0.25, 0.3) is 0 Å². The predicted octanol–water partition coefficient (Wildman–Crippen LogP) is 3.51. The summed E-state index contributed by atoms with van der Waals surface area (Å²) in [4.78, 5) is 0. The van der Waals surface area contributed by atoms with Gasteiger partial charge in [0.1, 0.15) is 5.75 Å². The number of ether oxygens (including phenoxy) is 1. The normalized spacial score (nSPS) is 12.7. The van der Waals surface area contributed by atoms with Crippen LogP contribution in [0.2, 0.25) is 0 Å². The number of hydrogen-bond donors (Lipinski definition) is 1. The molecule has 1 aromatic carbocycles. The van der Waals surface area contributed by atoms with E-state index in [0.29, 0.717) is 18.2 Å². The van der Waals surface area contributed by atoms with Crippen molar-refractivity contribution in [3.05, 3.63) is 46.2 Å². The third-order valence-corrected chi connectivity index (χ3v) is 3.64. The fraction of sp³-hybridized carbons (Fsp3) is 0.400. The quantitative estimate of drug-likeness (QED) is 0.907. The van der Waals surface area contributed by atoms with E-state index >= 15 is 0 Å². The first-order valence-corrected chi connectivity index (χ1v) is 7.36. The van der Waals surface area contributed by atoms with Crippen molar-refractivity contribution in [1.82, 2.24) is 9.78 Å². The highest BCUT2D eigenvalue weighted by Crippen LogP contribution is 2.30. The molecule has 0 saturated heterocycles. The number of hydrogen-bond acceptors (Lipinski definition) is 3. The molecule has 4 nitrogen and oxygen atoms in total. The van der Waals surface area contributed by atoms with E-state index in [1.165, 1.54) is 0 Å². The van der Waals surface area contributed by atoms with Gasteiger partial charge in [0, 0.05) is 28.7 Å². The minimum atomic E-state index is -0.641. The smallest absolute Gasteiger partial charge is 0.124 e. The van der Waals surface area contributed by atoms with Crippen LogP contribution in [-0.4, -0.2) is 22.0 Å². The minimum absolute atomic E-state index is 0.321. The van der Waals surface area contributed by atoms with E-state index in [2.05, 4.69) is 34.9 Å². The lowest BCUT2D eigenvalue weighted by atomic mass is 10.0. The van der Waals surface area contributed by atoms with Crippen LogP contribution in [0.15, 0.2) is 34.9 Å². The highest BCUT2D eigenvalue weighted by atomic mass is 79.9. The molecule has 1 atom stereocenters. The average molecular weight is 339 g/mol. The molecule has 2 aromatic rings. The number of benzene rings is 1. The molecule has 0 spiro atoms. The van der Waals surface area contributed by atoms with Gasteiger partial charge in [-0.15, -0.1) is 0 Å². The van der Waals surface area contributed by atoms with E-state index in [9.17, 15) is 5.11 Å². The Morgan fingerprint density at radius 1 is 1.35 bits per heavy atom. The van der Waals surface area contributed by atoms with Crippen molar-refractivity contribution < 1.29 is 9.84 Å². The first-order chi connectivity index (χ1) is 9.51. The molecule has 20 heavy (non-hydrogen) atoms. The molecule has 0 radical (unpaired) electrons. The summed E-state index contributed by atoms with van der Waals surface area (Å²) < 4.78 is 8.10. The first kappa shape index (κ1) is 15.1. The van der Waals surface area contributed by atoms with Crippen molar-refractivity contribution in [3.8, 4) is 5.75 Å². The van der Waals surface area contributed by atoms with Crippen LogP contribution in [0.25, 0.3) is 0 Å². The van der Waals surface area contributed by atoms with Crippen LogP contribution in [0.3, 0.4) is 0 Å². The molecular formula is C15H19BrN2O2. The summed E-state index contributed by atoms with van der Waals surface area (Å²) in [6.07, 6.45) is 1.76. The number of aliphatic hydroxyl groups is 1. The van der Waals surface area contributed by atoms with Crippen molar-refractivity contribution in [2.75, 3.05) is 7.11 Å². The Morgan fingerprint density at radius 3 is 2.70 bits per heavy atom. The van der Waals surface area contributed by atoms with Gasteiger partial charge < -0.3 is 9.84 Å². The zero-order chi connectivity index (χ0) is 14.7. The molecule has 1 aromatic heterocycles. The fourth-order valence-electron chi connectivity index (χ4n) is 2.05. The zero-order valence-corrected chi connectivity index (χ0v) is 13.5. The van der Waals surface area contributed by atoms with E-state index < -0.39 is 6.10 Å². The Bertz CT molecular complexity index is 581. The van der Waals surface area contributed by atoms with Crippen molar-refractivity contribution >= 4 is 15.9 Å². The number of halogens is 1. The predicted molar refractivity (Wildman–Crippen MR) is 82.0 cm³/mol. The molecule has 5 heteroatoms. The van der Waals surface area contributed by atoms with Crippen LogP contribution in [0.4, 0.5) is 0 Å². The Labute approximate surface area is 127 Å². The van der Waals surface area contributed by atoms with E-state index in [1.807, 2.05) is 35.1 Å². The monoisotopic (exact) mass is 338 g/mol. The van der Waals surface area contributed by atoms with Gasteiger partial charge in [0.15, 0.2) is 0 Å². The highest BCUT2D eigenvalue weighted by molar-refractivity contribution is 9.10. The lowest BCUT2D eigenvalue weighted by molar-refractivity contribution is 0.172. The standard InChI is InChI=1S/C15H19BrN2O2/c1-10(2)18-7-6-12(17-18)9-14(19)13-8-11(16)4-5-15(13)20-3/h4-8,10,14,19H,9H2,1-3H3. The van der Waals surface area contributed by atoms with Crippen LogP contribution in [0.1, 0.15) is 37.3 Å². The summed E-state index contributed by atoms with van der Waals surface area (Å²) in [5.74, 6) is 0.684. The van der Waals surface area contributed by atoms with Crippen molar-refractivity contribution in [1.29, 1.82) is 0 Å². The number of methoxy groups -OCH3 is 1. The number of aromatic nitrogens is 2. The Hall–Kier alpha value is -1.33. The van der Waals surface area contributed by atoms with Gasteiger partial charge in [-0.05, 0) is 38.1 Å². The topological polar surface area (TPSA) is 47.3 Å². The number of aliphatic hydroxyl groups excluding tert-OH is 1. The lowest BCUT2D eigenvalue weighted by Gasteiger charge is -2.14. The molecular weight excluding hydrogens is 320 g/mol. The summed E-state index contributed by atoms with van der Waals surface area (Å²) in [5, 5.41) is 14.9. The summed E-state index contributed by atoms with van der Waals surface area (Å²) in [5.41, 5.74) is 1.63. The van der Waals surface area contributed by atoms with Gasteiger partial charge in [-0.25, -0.2) is 0 Å². The lowest BCUT2D eigenvalue weighted by Crippen LogP contribution is -2.06. The Kier molecular flexibility index (Phi) is 4.83. The average Bonchev–Trinajstić information content (AvgIpc) is 2.87. The molecule has 0 aliphatic rings. The summed E-state index contributed by atoms with van der Waals surface area (Å²) >= 11 is 3.42. The Balaban J connectivity index is 2.18. The maximum Gasteiger partial charge on any atom is 0.124 e. The largest absolute Gasteiger partial charge is 0.496 e. The van der Waals surface area contributed by atoms with Gasteiger partial charge in [-0.3, -0.25) is 4.68 Å². The number of rotatable bonds is 5. The second-order valence-electron chi connectivity index (χ2n) is 4.99. The SMILES string of the molecule is COc1ccc(Br)cc1C(O)Cc1ccn(C(C)C)n1. The van der Waals surface area contributed by atoms with Gasteiger partial charge in [0.05, 0.1) is 18.9 Å². The van der Waals surface area contributed by atoms with Gasteiger partial charge in [-0.2, -0.15) is 5.10 Å². The van der Waals surface area contributed by atoms with Crippen molar-refractivity contribution in [2.45, 2.75) is 32.4 Å². The van der Waals surface area contributed by atoms with Crippen LogP contribution in [-0.2, 0) is 6.42 Å². The molecule has 1 unspecified atom stereocenters. The van der Waals surface area contributed by atoms with Crippen LogP contribution in [0, 0.1) is 0 Å². The van der Waals surface area contributed by atoms with Gasteiger partial charge in [-0.1, -0.05) is 15.9 Å². The third-order valence-electron chi connectivity index (χ3n) is 3.15. The fourth-order valence-corrected chi connectivity index (χ4v) is 2.43. The van der Waals surface area contributed by atoms with Crippen molar-refractivity contribution in [3.63, 3.8) is 0 Å². The van der Waals surface area contributed by atoms with E-state index in [1.54, 1.807) is 7.11 Å². The Morgan fingerprint density at radius 2 is 2.10 bits per heavy atom. The van der Waals surface area contributed by atoms with Crippen LogP contribution in [0.5, 0.6) is 5.75 Å². The molecule has 0 amide bonds. The minimum Gasteiger partial charge on any atom is -0.496 e. The van der Waals surface area contributed by atoms with Crippen LogP contribution < -0.4 is 4.74 Å². The molecule has 0 fully saturated rings. The zero-order valence-electron chi connectivity index (χ0n) is 11.9. The highest BCUT2D eigenvalue weighted by Gasteiger charge is 2.16. The molecule has 0 aliphatic heterocycles. The molecule has 1 N–H and O–H groups in total. The molecule has 108 valence electrons. The molecule has 0 saturated carbocycles. The van der Waals surface area contributed by atoms with Gasteiger partial charge in [0.2, 0.25) is 0 Å². The summed E-state index contributed by atoms with van der Waals surface area (Å²) in [6, 6.07) is 7.87. The molecule has 0 aliphatic carbocycles. The van der Waals surface area contributed by atoms with Crippen molar-refractivity contribution in [2.24, 2.45) is 0 Å². The first-order valence-electron chi connectivity index (χ1n) is 6.56. The van der Waals surface area contributed by atoms with E-state index in [4.69, 9.17) is 4.74 Å². The maximum atomic E-state index is 10.4. The summed E-state index contributed by atoms with van der Waals surface area (Å²) in [7, 11) is 1.60. The molecule has 1 heterocycles. The maximum absolute atomic E-state index is 10.4. The third kappa shape index (κ3) is 3.41. The molecule has 2 rings (SSSR count). The van der Waals surface area contributed by atoms with E-state index in [-0.39, 0.29) is 0 Å². The van der Waals surface area contributed by atoms with Gasteiger partial charge >= 0.3 is 0 Å².